The zero-order valence-electron chi connectivity index (χ0n) is 15.8. The van der Waals surface area contributed by atoms with Crippen molar-refractivity contribution in [3.8, 4) is 0 Å². The molecule has 1 aliphatic rings. The molecule has 0 saturated carbocycles. The van der Waals surface area contributed by atoms with Gasteiger partial charge in [0.2, 0.25) is 0 Å². The van der Waals surface area contributed by atoms with E-state index in [-0.39, 0.29) is 29.7 Å². The zero-order chi connectivity index (χ0) is 20.1. The highest BCUT2D eigenvalue weighted by Gasteiger charge is 2.23. The first-order valence-electron chi connectivity index (χ1n) is 8.96. The summed E-state index contributed by atoms with van der Waals surface area (Å²) in [5.41, 5.74) is 3.71. The lowest BCUT2D eigenvalue weighted by molar-refractivity contribution is -0.118. The largest absolute Gasteiger partial charge is 0.354 e. The molecule has 1 heterocycles. The lowest BCUT2D eigenvalue weighted by Crippen LogP contribution is -2.23. The molecule has 2 amide bonds. The first-order chi connectivity index (χ1) is 13.5. The molecule has 0 fully saturated rings. The third kappa shape index (κ3) is 4.40. The maximum absolute atomic E-state index is 12.4. The van der Waals surface area contributed by atoms with Crippen LogP contribution in [0, 0.1) is 6.92 Å². The predicted octanol–water partition coefficient (Wildman–Crippen LogP) is 2.83. The summed E-state index contributed by atoms with van der Waals surface area (Å²) in [4.78, 5) is 40.5. The van der Waals surface area contributed by atoms with E-state index in [1.54, 1.807) is 30.5 Å². The molecule has 0 saturated heterocycles. The summed E-state index contributed by atoms with van der Waals surface area (Å²) in [7, 11) is 1.50. The minimum absolute atomic E-state index is 0.0419. The van der Waals surface area contributed by atoms with Crippen LogP contribution in [-0.4, -0.2) is 30.9 Å². The molecule has 28 heavy (non-hydrogen) atoms. The summed E-state index contributed by atoms with van der Waals surface area (Å²) in [6, 6.07) is 14.6. The normalized spacial score (nSPS) is 12.8. The average molecular weight is 375 g/mol. The Kier molecular flexibility index (Phi) is 5.79. The predicted molar refractivity (Wildman–Crippen MR) is 108 cm³/mol. The number of aliphatic imine (C=N–C) groups is 1. The number of hydrogen-bond acceptors (Lipinski definition) is 4. The lowest BCUT2D eigenvalue weighted by atomic mass is 10.0. The Hall–Kier alpha value is -3.54. The molecule has 0 aromatic heterocycles. The second-order valence-electron chi connectivity index (χ2n) is 6.54. The number of nitrogens with one attached hydrogen (secondary N) is 2. The summed E-state index contributed by atoms with van der Waals surface area (Å²) in [6.07, 6.45) is 2.15. The number of likely N-dealkylation sites (N-methyl/N-ethyl adjacent to an activating group) is 1. The number of carbonyl (C=O) groups is 3. The van der Waals surface area contributed by atoms with Crippen molar-refractivity contribution in [3.05, 3.63) is 76.5 Å². The second kappa shape index (κ2) is 8.43. The molecule has 0 spiro atoms. The summed E-state index contributed by atoms with van der Waals surface area (Å²) < 4.78 is 0. The lowest BCUT2D eigenvalue weighted by Gasteiger charge is -2.08. The van der Waals surface area contributed by atoms with E-state index in [4.69, 9.17) is 0 Å². The summed E-state index contributed by atoms with van der Waals surface area (Å²) in [6.45, 7) is 1.98. The second-order valence-corrected chi connectivity index (χ2v) is 6.54. The molecule has 2 aromatic carbocycles. The summed E-state index contributed by atoms with van der Waals surface area (Å²) in [5.74, 6) is -0.705. The Morgan fingerprint density at radius 3 is 2.29 bits per heavy atom. The van der Waals surface area contributed by atoms with Gasteiger partial charge >= 0.3 is 0 Å². The number of nitrogens with zero attached hydrogens (tertiary/aromatic N) is 1. The highest BCUT2D eigenvalue weighted by molar-refractivity contribution is 6.13. The number of carbonyl (C=O) groups excluding carboxylic acids is 3. The molecule has 142 valence electrons. The number of Topliss-reactive ketones (excluding diaryl/α,β-unsaturated/α-hetero) is 1. The van der Waals surface area contributed by atoms with Gasteiger partial charge in [-0.05, 0) is 24.6 Å². The van der Waals surface area contributed by atoms with Crippen LogP contribution in [0.5, 0.6) is 0 Å². The Morgan fingerprint density at radius 1 is 0.964 bits per heavy atom. The van der Waals surface area contributed by atoms with Crippen LogP contribution in [0.3, 0.4) is 0 Å². The molecule has 0 unspecified atom stereocenters. The first kappa shape index (κ1) is 19.2. The molecule has 6 nitrogen and oxygen atoms in total. The molecule has 0 atom stereocenters. The SMILES string of the molecule is CNC(=O)C1=C(C(=O)Nc2ccc(CC(=O)c3ccc(C)cc3)cc2)CC=N1. The molecule has 0 radical (unpaired) electrons. The molecule has 3 rings (SSSR count). The Labute approximate surface area is 163 Å². The van der Waals surface area contributed by atoms with Gasteiger partial charge in [0.05, 0.1) is 5.57 Å². The van der Waals surface area contributed by atoms with E-state index in [0.29, 0.717) is 23.2 Å². The van der Waals surface area contributed by atoms with Gasteiger partial charge < -0.3 is 10.6 Å². The number of rotatable bonds is 6. The van der Waals surface area contributed by atoms with Crippen LogP contribution in [-0.2, 0) is 16.0 Å². The fraction of sp³-hybridized carbons (Fsp3) is 0.182. The quantitative estimate of drug-likeness (QED) is 0.761. The first-order valence-corrected chi connectivity index (χ1v) is 8.96. The van der Waals surface area contributed by atoms with Crippen LogP contribution in [0.15, 0.2) is 64.8 Å². The molecule has 1 aliphatic heterocycles. The van der Waals surface area contributed by atoms with Crippen LogP contribution in [0.1, 0.15) is 27.9 Å². The van der Waals surface area contributed by atoms with Crippen LogP contribution in [0.2, 0.25) is 0 Å². The zero-order valence-corrected chi connectivity index (χ0v) is 15.8. The summed E-state index contributed by atoms with van der Waals surface area (Å²) >= 11 is 0. The van der Waals surface area contributed by atoms with Crippen molar-refractivity contribution < 1.29 is 14.4 Å². The number of benzene rings is 2. The number of anilines is 1. The minimum atomic E-state index is -0.385. The molecular weight excluding hydrogens is 354 g/mol. The maximum Gasteiger partial charge on any atom is 0.270 e. The van der Waals surface area contributed by atoms with Gasteiger partial charge in [-0.3, -0.25) is 19.4 Å². The van der Waals surface area contributed by atoms with E-state index >= 15 is 0 Å². The van der Waals surface area contributed by atoms with E-state index in [0.717, 1.165) is 11.1 Å². The molecule has 6 heteroatoms. The van der Waals surface area contributed by atoms with Crippen LogP contribution < -0.4 is 10.6 Å². The maximum atomic E-state index is 12.4. The Bertz CT molecular complexity index is 971. The van der Waals surface area contributed by atoms with E-state index in [1.807, 2.05) is 31.2 Å². The smallest absolute Gasteiger partial charge is 0.270 e. The van der Waals surface area contributed by atoms with Gasteiger partial charge in [0.25, 0.3) is 11.8 Å². The van der Waals surface area contributed by atoms with Gasteiger partial charge in [0.15, 0.2) is 5.78 Å². The third-order valence-electron chi connectivity index (χ3n) is 4.47. The van der Waals surface area contributed by atoms with E-state index in [9.17, 15) is 14.4 Å². The fourth-order valence-corrected chi connectivity index (χ4v) is 2.86. The van der Waals surface area contributed by atoms with Gasteiger partial charge in [0.1, 0.15) is 5.70 Å². The van der Waals surface area contributed by atoms with Crippen molar-refractivity contribution in [1.82, 2.24) is 5.32 Å². The number of ketones is 1. The van der Waals surface area contributed by atoms with Gasteiger partial charge in [-0.25, -0.2) is 0 Å². The van der Waals surface area contributed by atoms with Gasteiger partial charge in [0, 0.05) is 37.4 Å². The average Bonchev–Trinajstić information content (AvgIpc) is 3.19. The van der Waals surface area contributed by atoms with E-state index in [1.165, 1.54) is 7.05 Å². The molecule has 0 aliphatic carbocycles. The number of amides is 2. The van der Waals surface area contributed by atoms with E-state index < -0.39 is 0 Å². The van der Waals surface area contributed by atoms with Crippen molar-refractivity contribution in [2.24, 2.45) is 4.99 Å². The topological polar surface area (TPSA) is 87.6 Å². The van der Waals surface area contributed by atoms with Crippen molar-refractivity contribution in [2.75, 3.05) is 12.4 Å². The highest BCUT2D eigenvalue weighted by atomic mass is 16.2. The monoisotopic (exact) mass is 375 g/mol. The van der Waals surface area contributed by atoms with Gasteiger partial charge in [-0.1, -0.05) is 42.0 Å². The molecule has 2 N–H and O–H groups in total. The molecular formula is C22H21N3O3. The third-order valence-corrected chi connectivity index (χ3v) is 4.47. The Balaban J connectivity index is 1.64. The molecule has 2 aromatic rings. The van der Waals surface area contributed by atoms with Crippen LogP contribution >= 0.6 is 0 Å². The number of hydrogen-bond donors (Lipinski definition) is 2. The Morgan fingerprint density at radius 2 is 1.64 bits per heavy atom. The minimum Gasteiger partial charge on any atom is -0.354 e. The number of aryl methyl sites for hydroxylation is 1. The standard InChI is InChI=1S/C22H21N3O3/c1-14-3-7-16(8-4-14)19(26)13-15-5-9-17(10-6-15)25-21(27)18-11-12-24-20(18)22(28)23-2/h3-10,12H,11,13H2,1-2H3,(H,23,28)(H,25,27). The van der Waals surface area contributed by atoms with Crippen molar-refractivity contribution in [3.63, 3.8) is 0 Å². The van der Waals surface area contributed by atoms with Crippen molar-refractivity contribution in [2.45, 2.75) is 19.8 Å². The van der Waals surface area contributed by atoms with Crippen molar-refractivity contribution >= 4 is 29.5 Å². The molecule has 0 bridgehead atoms. The summed E-state index contributed by atoms with van der Waals surface area (Å²) in [5, 5.41) is 5.24. The fourth-order valence-electron chi connectivity index (χ4n) is 2.86. The van der Waals surface area contributed by atoms with Crippen molar-refractivity contribution in [1.29, 1.82) is 0 Å². The van der Waals surface area contributed by atoms with Gasteiger partial charge in [-0.15, -0.1) is 0 Å². The van der Waals surface area contributed by atoms with Crippen LogP contribution in [0.25, 0.3) is 0 Å². The van der Waals surface area contributed by atoms with Gasteiger partial charge in [-0.2, -0.15) is 0 Å². The van der Waals surface area contributed by atoms with Crippen LogP contribution in [0.4, 0.5) is 5.69 Å². The van der Waals surface area contributed by atoms with E-state index in [2.05, 4.69) is 15.6 Å². The highest BCUT2D eigenvalue weighted by Crippen LogP contribution is 2.19.